The van der Waals surface area contributed by atoms with Gasteiger partial charge in [-0.3, -0.25) is 0 Å². The SMILES string of the molecule is CO[C@H]1C[C@@]2(C)C(CC[C@@]2(O)/C=C/c2ccccc2C(F)(F)F)C2CCc3cc(O)ccc3C21. The third kappa shape index (κ3) is 3.57. The second-order valence-corrected chi connectivity index (χ2v) is 10.5. The standard InChI is InChI=1S/C28H31F3O3/c1-26-16-24(34-2)25-20-10-8-19(32)15-18(20)7-9-21(25)23(26)12-14-27(26,33)13-11-17-5-3-4-6-22(17)28(29,30)31/h3-6,8,10-11,13,15,21,23-25,32-33H,7,9,12,14,16H2,1-2H3/b13-11+/t21?,23?,24-,25?,26-,27-/m0/s1. The van der Waals surface area contributed by atoms with Crippen molar-refractivity contribution in [2.75, 3.05) is 7.11 Å². The normalized spacial score (nSPS) is 35.1. The molecule has 0 aromatic heterocycles. The van der Waals surface area contributed by atoms with Crippen LogP contribution in [0.15, 0.2) is 48.5 Å². The number of phenolic OH excluding ortho intramolecular Hbond substituents is 1. The van der Waals surface area contributed by atoms with Gasteiger partial charge in [-0.1, -0.05) is 43.3 Å². The van der Waals surface area contributed by atoms with Crippen LogP contribution in [0.4, 0.5) is 13.2 Å². The lowest BCUT2D eigenvalue weighted by atomic mass is 9.52. The highest BCUT2D eigenvalue weighted by molar-refractivity contribution is 5.56. The van der Waals surface area contributed by atoms with Crippen LogP contribution in [0, 0.1) is 17.3 Å². The highest BCUT2D eigenvalue weighted by Crippen LogP contribution is 2.65. The van der Waals surface area contributed by atoms with Gasteiger partial charge in [0.2, 0.25) is 0 Å². The molecule has 0 aliphatic heterocycles. The fourth-order valence-electron chi connectivity index (χ4n) is 7.29. The van der Waals surface area contributed by atoms with Gasteiger partial charge < -0.3 is 14.9 Å². The largest absolute Gasteiger partial charge is 0.508 e. The molecule has 3 unspecified atom stereocenters. The van der Waals surface area contributed by atoms with E-state index in [2.05, 4.69) is 6.92 Å². The first-order chi connectivity index (χ1) is 16.1. The van der Waals surface area contributed by atoms with E-state index >= 15 is 0 Å². The fourth-order valence-corrected chi connectivity index (χ4v) is 7.29. The van der Waals surface area contributed by atoms with Gasteiger partial charge >= 0.3 is 6.18 Å². The molecular weight excluding hydrogens is 441 g/mol. The van der Waals surface area contributed by atoms with Crippen molar-refractivity contribution >= 4 is 6.08 Å². The monoisotopic (exact) mass is 472 g/mol. The molecule has 6 atom stereocenters. The molecule has 2 aromatic rings. The summed E-state index contributed by atoms with van der Waals surface area (Å²) in [4.78, 5) is 0. The summed E-state index contributed by atoms with van der Waals surface area (Å²) in [5.41, 5.74) is 0.0243. The maximum absolute atomic E-state index is 13.5. The number of methoxy groups -OCH3 is 1. The molecule has 2 saturated carbocycles. The number of fused-ring (bicyclic) bond motifs is 5. The Morgan fingerprint density at radius 3 is 2.62 bits per heavy atom. The maximum Gasteiger partial charge on any atom is 0.416 e. The number of ether oxygens (including phenoxy) is 1. The molecule has 3 aliphatic carbocycles. The van der Waals surface area contributed by atoms with Crippen LogP contribution in [0.25, 0.3) is 6.08 Å². The lowest BCUT2D eigenvalue weighted by Crippen LogP contribution is -2.54. The summed E-state index contributed by atoms with van der Waals surface area (Å²) in [6.07, 6.45) is 2.26. The van der Waals surface area contributed by atoms with Crippen molar-refractivity contribution in [2.24, 2.45) is 17.3 Å². The van der Waals surface area contributed by atoms with Crippen LogP contribution in [-0.2, 0) is 17.3 Å². The van der Waals surface area contributed by atoms with E-state index in [1.54, 1.807) is 25.3 Å². The molecule has 2 N–H and O–H groups in total. The van der Waals surface area contributed by atoms with E-state index in [9.17, 15) is 23.4 Å². The number of rotatable bonds is 3. The Hall–Kier alpha value is -2.31. The van der Waals surface area contributed by atoms with Crippen LogP contribution in [0.2, 0.25) is 0 Å². The van der Waals surface area contributed by atoms with E-state index < -0.39 is 22.8 Å². The Morgan fingerprint density at radius 1 is 1.12 bits per heavy atom. The van der Waals surface area contributed by atoms with E-state index in [0.717, 1.165) is 30.9 Å². The van der Waals surface area contributed by atoms with Gasteiger partial charge in [-0.05, 0) is 78.8 Å². The van der Waals surface area contributed by atoms with Gasteiger partial charge in [-0.25, -0.2) is 0 Å². The van der Waals surface area contributed by atoms with Gasteiger partial charge in [0, 0.05) is 18.4 Å². The number of aryl methyl sites for hydroxylation is 1. The lowest BCUT2D eigenvalue weighted by Gasteiger charge is -2.55. The molecule has 182 valence electrons. The summed E-state index contributed by atoms with van der Waals surface area (Å²) in [6.45, 7) is 2.08. The van der Waals surface area contributed by atoms with Crippen LogP contribution in [-0.4, -0.2) is 29.0 Å². The predicted molar refractivity (Wildman–Crippen MR) is 124 cm³/mol. The van der Waals surface area contributed by atoms with Crippen molar-refractivity contribution in [1.82, 2.24) is 0 Å². The molecule has 5 rings (SSSR count). The number of aromatic hydroxyl groups is 1. The van der Waals surface area contributed by atoms with E-state index in [4.69, 9.17) is 4.74 Å². The number of alkyl halides is 3. The van der Waals surface area contributed by atoms with Crippen LogP contribution in [0.3, 0.4) is 0 Å². The molecule has 0 heterocycles. The Balaban J connectivity index is 1.50. The third-order valence-corrected chi connectivity index (χ3v) is 8.99. The Labute approximate surface area is 198 Å². The molecule has 34 heavy (non-hydrogen) atoms. The zero-order valence-corrected chi connectivity index (χ0v) is 19.5. The molecule has 2 fully saturated rings. The number of phenols is 1. The number of aliphatic hydroxyl groups is 1. The number of halogens is 3. The maximum atomic E-state index is 13.5. The quantitative estimate of drug-likeness (QED) is 0.548. The Kier molecular flexibility index (Phi) is 5.60. The predicted octanol–water partition coefficient (Wildman–Crippen LogP) is 6.34. The zero-order chi connectivity index (χ0) is 24.3. The second kappa shape index (κ2) is 8.13. The van der Waals surface area contributed by atoms with E-state index in [0.29, 0.717) is 18.8 Å². The molecule has 0 radical (unpaired) electrons. The van der Waals surface area contributed by atoms with E-state index in [-0.39, 0.29) is 29.3 Å². The summed E-state index contributed by atoms with van der Waals surface area (Å²) in [7, 11) is 1.70. The van der Waals surface area contributed by atoms with Crippen molar-refractivity contribution in [3.8, 4) is 5.75 Å². The van der Waals surface area contributed by atoms with Gasteiger partial charge in [0.05, 0.1) is 17.3 Å². The summed E-state index contributed by atoms with van der Waals surface area (Å²) in [5, 5.41) is 21.8. The summed E-state index contributed by atoms with van der Waals surface area (Å²) >= 11 is 0. The molecule has 0 spiro atoms. The van der Waals surface area contributed by atoms with Gasteiger partial charge in [-0.2, -0.15) is 13.2 Å². The topological polar surface area (TPSA) is 49.7 Å². The lowest BCUT2D eigenvalue weighted by molar-refractivity contribution is -0.137. The van der Waals surface area contributed by atoms with Gasteiger partial charge in [0.15, 0.2) is 0 Å². The third-order valence-electron chi connectivity index (χ3n) is 8.99. The summed E-state index contributed by atoms with van der Waals surface area (Å²) in [5.74, 6) is 1.00. The molecule has 6 heteroatoms. The van der Waals surface area contributed by atoms with Crippen LogP contribution < -0.4 is 0 Å². The first kappa shape index (κ1) is 23.4. The minimum Gasteiger partial charge on any atom is -0.508 e. The van der Waals surface area contributed by atoms with Crippen molar-refractivity contribution in [3.05, 3.63) is 70.8 Å². The summed E-state index contributed by atoms with van der Waals surface area (Å²) < 4.78 is 46.5. The minimum absolute atomic E-state index is 0.0684. The average molecular weight is 473 g/mol. The highest BCUT2D eigenvalue weighted by atomic mass is 19.4. The number of hydrogen-bond donors (Lipinski definition) is 2. The first-order valence-electron chi connectivity index (χ1n) is 12.0. The zero-order valence-electron chi connectivity index (χ0n) is 19.5. The van der Waals surface area contributed by atoms with Gasteiger partial charge in [0.1, 0.15) is 5.75 Å². The number of benzene rings is 2. The van der Waals surface area contributed by atoms with Crippen LogP contribution in [0.1, 0.15) is 60.8 Å². The fraction of sp³-hybridized carbons (Fsp3) is 0.500. The van der Waals surface area contributed by atoms with Gasteiger partial charge in [0.25, 0.3) is 0 Å². The summed E-state index contributed by atoms with van der Waals surface area (Å²) in [6, 6.07) is 11.1. The van der Waals surface area contributed by atoms with Crippen molar-refractivity contribution < 1.29 is 28.1 Å². The Morgan fingerprint density at radius 2 is 1.88 bits per heavy atom. The van der Waals surface area contributed by atoms with Crippen LogP contribution >= 0.6 is 0 Å². The van der Waals surface area contributed by atoms with E-state index in [1.165, 1.54) is 23.8 Å². The molecule has 3 nitrogen and oxygen atoms in total. The molecular formula is C28H31F3O3. The van der Waals surface area contributed by atoms with E-state index in [1.807, 2.05) is 12.1 Å². The molecule has 3 aliphatic rings. The van der Waals surface area contributed by atoms with Crippen molar-refractivity contribution in [2.45, 2.75) is 62.8 Å². The number of hydrogen-bond acceptors (Lipinski definition) is 3. The molecule has 0 bridgehead atoms. The van der Waals surface area contributed by atoms with Gasteiger partial charge in [-0.15, -0.1) is 0 Å². The molecule has 2 aromatic carbocycles. The Bertz CT molecular complexity index is 1110. The highest BCUT2D eigenvalue weighted by Gasteiger charge is 2.63. The molecule has 0 amide bonds. The smallest absolute Gasteiger partial charge is 0.416 e. The first-order valence-corrected chi connectivity index (χ1v) is 12.0. The van der Waals surface area contributed by atoms with Crippen molar-refractivity contribution in [1.29, 1.82) is 0 Å². The minimum atomic E-state index is -4.45. The molecule has 0 saturated heterocycles. The average Bonchev–Trinajstić information content (AvgIpc) is 3.07. The second-order valence-electron chi connectivity index (χ2n) is 10.5. The van der Waals surface area contributed by atoms with Crippen LogP contribution in [0.5, 0.6) is 5.75 Å². The van der Waals surface area contributed by atoms with Crippen molar-refractivity contribution in [3.63, 3.8) is 0 Å².